The second-order valence-electron chi connectivity index (χ2n) is 3.60. The topological polar surface area (TPSA) is 79.9 Å². The van der Waals surface area contributed by atoms with Crippen LogP contribution in [0.3, 0.4) is 0 Å². The predicted molar refractivity (Wildman–Crippen MR) is 67.3 cm³/mol. The van der Waals surface area contributed by atoms with E-state index in [0.717, 1.165) is 17.9 Å². The number of ether oxygens (including phenoxy) is 1. The molecule has 0 heterocycles. The Balaban J connectivity index is 2.33. The van der Waals surface area contributed by atoms with Crippen LogP contribution in [0.15, 0.2) is 29.4 Å². The molecular formula is C12H19N3O2. The van der Waals surface area contributed by atoms with Crippen molar-refractivity contribution in [1.82, 2.24) is 5.32 Å². The van der Waals surface area contributed by atoms with Gasteiger partial charge in [-0.3, -0.25) is 0 Å². The fourth-order valence-electron chi connectivity index (χ4n) is 1.41. The third kappa shape index (κ3) is 5.21. The van der Waals surface area contributed by atoms with E-state index >= 15 is 0 Å². The lowest BCUT2D eigenvalue weighted by atomic mass is 10.2. The summed E-state index contributed by atoms with van der Waals surface area (Å²) in [7, 11) is 0. The van der Waals surface area contributed by atoms with Crippen molar-refractivity contribution in [2.24, 2.45) is 10.9 Å². The number of hydrogen-bond donors (Lipinski definition) is 3. The highest BCUT2D eigenvalue weighted by Crippen LogP contribution is 2.12. The Morgan fingerprint density at radius 1 is 1.53 bits per heavy atom. The second-order valence-corrected chi connectivity index (χ2v) is 3.60. The molecule has 17 heavy (non-hydrogen) atoms. The molecule has 0 fully saturated rings. The molecule has 0 unspecified atom stereocenters. The van der Waals surface area contributed by atoms with E-state index in [1.54, 1.807) is 0 Å². The summed E-state index contributed by atoms with van der Waals surface area (Å²) in [6.07, 6.45) is 0.529. The van der Waals surface area contributed by atoms with E-state index in [1.165, 1.54) is 0 Å². The van der Waals surface area contributed by atoms with Gasteiger partial charge in [-0.1, -0.05) is 17.3 Å². The summed E-state index contributed by atoms with van der Waals surface area (Å²) in [5.41, 5.74) is 6.50. The molecule has 1 rings (SSSR count). The van der Waals surface area contributed by atoms with Crippen LogP contribution in [0, 0.1) is 0 Å². The van der Waals surface area contributed by atoms with Crippen LogP contribution in [-0.4, -0.2) is 24.2 Å². The molecule has 0 radical (unpaired) electrons. The molecule has 4 N–H and O–H groups in total. The van der Waals surface area contributed by atoms with Crippen LogP contribution >= 0.6 is 0 Å². The van der Waals surface area contributed by atoms with Gasteiger partial charge in [-0.2, -0.15) is 0 Å². The number of amidine groups is 1. The fraction of sp³-hybridized carbons (Fsp3) is 0.417. The van der Waals surface area contributed by atoms with Crippen LogP contribution in [0.4, 0.5) is 0 Å². The summed E-state index contributed by atoms with van der Waals surface area (Å²) >= 11 is 0. The Kier molecular flexibility index (Phi) is 5.88. The molecule has 0 bridgehead atoms. The van der Waals surface area contributed by atoms with E-state index in [4.69, 9.17) is 15.7 Å². The lowest BCUT2D eigenvalue weighted by molar-refractivity contribution is 0.316. The Morgan fingerprint density at radius 2 is 2.35 bits per heavy atom. The minimum atomic E-state index is 0.237. The monoisotopic (exact) mass is 237 g/mol. The van der Waals surface area contributed by atoms with Crippen molar-refractivity contribution in [3.8, 4) is 5.75 Å². The van der Waals surface area contributed by atoms with Gasteiger partial charge in [0.05, 0.1) is 6.61 Å². The Labute approximate surface area is 101 Å². The predicted octanol–water partition coefficient (Wildman–Crippen LogP) is 1.31. The van der Waals surface area contributed by atoms with Crippen molar-refractivity contribution >= 4 is 5.84 Å². The maximum atomic E-state index is 8.37. The summed E-state index contributed by atoms with van der Waals surface area (Å²) in [6, 6.07) is 7.92. The average molecular weight is 237 g/mol. The summed E-state index contributed by atoms with van der Waals surface area (Å²) in [5, 5.41) is 14.5. The molecule has 5 heteroatoms. The largest absolute Gasteiger partial charge is 0.494 e. The SMILES string of the molecule is CCOc1cccc(CNCC/C(N)=N/O)c1. The molecule has 0 aliphatic carbocycles. The van der Waals surface area contributed by atoms with Crippen LogP contribution in [0.1, 0.15) is 18.9 Å². The number of benzene rings is 1. The zero-order valence-electron chi connectivity index (χ0n) is 10.0. The van der Waals surface area contributed by atoms with Gasteiger partial charge in [0.25, 0.3) is 0 Å². The van der Waals surface area contributed by atoms with E-state index < -0.39 is 0 Å². The maximum absolute atomic E-state index is 8.37. The summed E-state index contributed by atoms with van der Waals surface area (Å²) < 4.78 is 5.41. The minimum Gasteiger partial charge on any atom is -0.494 e. The van der Waals surface area contributed by atoms with Gasteiger partial charge >= 0.3 is 0 Å². The smallest absolute Gasteiger partial charge is 0.140 e. The number of rotatable bonds is 7. The molecule has 0 atom stereocenters. The van der Waals surface area contributed by atoms with Crippen LogP contribution in [0.5, 0.6) is 5.75 Å². The Hall–Kier alpha value is -1.75. The first kappa shape index (κ1) is 13.3. The lowest BCUT2D eigenvalue weighted by Gasteiger charge is -2.07. The second kappa shape index (κ2) is 7.51. The van der Waals surface area contributed by atoms with Crippen molar-refractivity contribution < 1.29 is 9.94 Å². The molecule has 0 aliphatic heterocycles. The molecule has 1 aromatic rings. The van der Waals surface area contributed by atoms with E-state index in [0.29, 0.717) is 19.6 Å². The highest BCUT2D eigenvalue weighted by Gasteiger charge is 1.97. The lowest BCUT2D eigenvalue weighted by Crippen LogP contribution is -2.21. The number of oxime groups is 1. The zero-order valence-corrected chi connectivity index (χ0v) is 10.0. The fourth-order valence-corrected chi connectivity index (χ4v) is 1.41. The summed E-state index contributed by atoms with van der Waals surface area (Å²) in [5.74, 6) is 1.11. The molecule has 0 spiro atoms. The first-order valence-corrected chi connectivity index (χ1v) is 5.65. The van der Waals surface area contributed by atoms with E-state index in [2.05, 4.69) is 10.5 Å². The molecule has 0 saturated carbocycles. The van der Waals surface area contributed by atoms with Gasteiger partial charge in [0.2, 0.25) is 0 Å². The first-order chi connectivity index (χ1) is 8.26. The van der Waals surface area contributed by atoms with Gasteiger partial charge in [-0.15, -0.1) is 0 Å². The Morgan fingerprint density at radius 3 is 3.06 bits per heavy atom. The van der Waals surface area contributed by atoms with Crippen LogP contribution in [0.25, 0.3) is 0 Å². The third-order valence-corrected chi connectivity index (χ3v) is 2.22. The molecule has 0 aromatic heterocycles. The molecule has 0 aliphatic rings. The summed E-state index contributed by atoms with van der Waals surface area (Å²) in [4.78, 5) is 0. The average Bonchev–Trinajstić information content (AvgIpc) is 2.35. The van der Waals surface area contributed by atoms with Gasteiger partial charge < -0.3 is 21.0 Å². The third-order valence-electron chi connectivity index (χ3n) is 2.22. The molecule has 1 aromatic carbocycles. The van der Waals surface area contributed by atoms with E-state index in [-0.39, 0.29) is 5.84 Å². The maximum Gasteiger partial charge on any atom is 0.140 e. The van der Waals surface area contributed by atoms with Gasteiger partial charge in [-0.25, -0.2) is 0 Å². The van der Waals surface area contributed by atoms with Crippen molar-refractivity contribution in [1.29, 1.82) is 0 Å². The number of hydrogen-bond acceptors (Lipinski definition) is 4. The zero-order chi connectivity index (χ0) is 12.5. The van der Waals surface area contributed by atoms with Crippen molar-refractivity contribution in [2.75, 3.05) is 13.2 Å². The van der Waals surface area contributed by atoms with Gasteiger partial charge in [0.1, 0.15) is 11.6 Å². The minimum absolute atomic E-state index is 0.237. The normalized spacial score (nSPS) is 11.5. The first-order valence-electron chi connectivity index (χ1n) is 5.65. The van der Waals surface area contributed by atoms with Crippen LogP contribution < -0.4 is 15.8 Å². The highest BCUT2D eigenvalue weighted by atomic mass is 16.5. The number of nitrogens with two attached hydrogens (primary N) is 1. The number of nitrogens with zero attached hydrogens (tertiary/aromatic N) is 1. The molecular weight excluding hydrogens is 218 g/mol. The van der Waals surface area contributed by atoms with Crippen molar-refractivity contribution in [3.63, 3.8) is 0 Å². The summed E-state index contributed by atoms with van der Waals surface area (Å²) in [6.45, 7) is 4.04. The van der Waals surface area contributed by atoms with Gasteiger partial charge in [-0.05, 0) is 24.6 Å². The van der Waals surface area contributed by atoms with Crippen LogP contribution in [0.2, 0.25) is 0 Å². The molecule has 5 nitrogen and oxygen atoms in total. The van der Waals surface area contributed by atoms with Gasteiger partial charge in [0.15, 0.2) is 0 Å². The molecule has 0 saturated heterocycles. The van der Waals surface area contributed by atoms with Crippen molar-refractivity contribution in [2.45, 2.75) is 19.9 Å². The van der Waals surface area contributed by atoms with Crippen molar-refractivity contribution in [3.05, 3.63) is 29.8 Å². The van der Waals surface area contributed by atoms with E-state index in [1.807, 2.05) is 31.2 Å². The standard InChI is InChI=1S/C12H19N3O2/c1-2-17-11-5-3-4-10(8-11)9-14-7-6-12(13)15-16/h3-5,8,14,16H,2,6-7,9H2,1H3,(H2,13,15). The van der Waals surface area contributed by atoms with E-state index in [9.17, 15) is 0 Å². The Bertz CT molecular complexity index is 367. The quantitative estimate of drug-likeness (QED) is 0.220. The van der Waals surface area contributed by atoms with Gasteiger partial charge in [0, 0.05) is 19.5 Å². The number of nitrogens with one attached hydrogen (secondary N) is 1. The molecule has 94 valence electrons. The van der Waals surface area contributed by atoms with Crippen LogP contribution in [-0.2, 0) is 6.54 Å². The molecule has 0 amide bonds. The highest BCUT2D eigenvalue weighted by molar-refractivity contribution is 5.79.